The van der Waals surface area contributed by atoms with E-state index < -0.39 is 5.82 Å². The number of hydrogen-bond donors (Lipinski definition) is 1. The number of rotatable bonds is 1. The van der Waals surface area contributed by atoms with Gasteiger partial charge in [0.25, 0.3) is 5.89 Å². The standard InChI is InChI=1S/C9H8FN3O/c1-5-2-3-7(10)6(4-5)8-12-13-9(11)14-8/h2-4H,1H3,(H2,11,13). The second kappa shape index (κ2) is 3.10. The van der Waals surface area contributed by atoms with E-state index in [0.717, 1.165) is 5.56 Å². The zero-order valence-electron chi connectivity index (χ0n) is 7.49. The third-order valence-corrected chi connectivity index (χ3v) is 1.79. The number of nitrogen functional groups attached to an aromatic ring is 1. The molecule has 2 N–H and O–H groups in total. The van der Waals surface area contributed by atoms with Crippen molar-refractivity contribution < 1.29 is 8.81 Å². The summed E-state index contributed by atoms with van der Waals surface area (Å²) in [6.07, 6.45) is 0. The molecule has 2 aromatic rings. The molecule has 0 unspecified atom stereocenters. The van der Waals surface area contributed by atoms with Gasteiger partial charge in [0, 0.05) is 0 Å². The summed E-state index contributed by atoms with van der Waals surface area (Å²) in [7, 11) is 0. The van der Waals surface area contributed by atoms with Gasteiger partial charge in [0.15, 0.2) is 0 Å². The van der Waals surface area contributed by atoms with Gasteiger partial charge in [-0.25, -0.2) is 4.39 Å². The van der Waals surface area contributed by atoms with Crippen LogP contribution in [0.3, 0.4) is 0 Å². The van der Waals surface area contributed by atoms with E-state index in [1.165, 1.54) is 6.07 Å². The van der Waals surface area contributed by atoms with Gasteiger partial charge in [-0.05, 0) is 19.1 Å². The molecular weight excluding hydrogens is 185 g/mol. The number of halogens is 1. The second-order valence-corrected chi connectivity index (χ2v) is 2.93. The van der Waals surface area contributed by atoms with Gasteiger partial charge < -0.3 is 10.2 Å². The number of anilines is 1. The quantitative estimate of drug-likeness (QED) is 0.749. The number of nitrogens with zero attached hydrogens (tertiary/aromatic N) is 2. The molecule has 0 amide bonds. The Balaban J connectivity index is 2.55. The summed E-state index contributed by atoms with van der Waals surface area (Å²) in [4.78, 5) is 0. The predicted molar refractivity (Wildman–Crippen MR) is 48.8 cm³/mol. The Morgan fingerprint density at radius 2 is 2.14 bits per heavy atom. The molecule has 0 aliphatic carbocycles. The Hall–Kier alpha value is -1.91. The average Bonchev–Trinajstić information content (AvgIpc) is 2.56. The maximum atomic E-state index is 13.3. The molecule has 1 aromatic carbocycles. The van der Waals surface area contributed by atoms with Gasteiger partial charge in [0.2, 0.25) is 0 Å². The largest absolute Gasteiger partial charge is 0.403 e. The van der Waals surface area contributed by atoms with Gasteiger partial charge >= 0.3 is 6.01 Å². The van der Waals surface area contributed by atoms with E-state index in [0.29, 0.717) is 0 Å². The Bertz CT molecular complexity index is 467. The van der Waals surface area contributed by atoms with E-state index in [9.17, 15) is 4.39 Å². The molecule has 14 heavy (non-hydrogen) atoms. The number of hydrogen-bond acceptors (Lipinski definition) is 4. The van der Waals surface area contributed by atoms with Crippen LogP contribution >= 0.6 is 0 Å². The lowest BCUT2D eigenvalue weighted by Crippen LogP contribution is -1.85. The molecule has 2 rings (SSSR count). The molecule has 0 bridgehead atoms. The second-order valence-electron chi connectivity index (χ2n) is 2.93. The molecule has 4 nitrogen and oxygen atoms in total. The lowest BCUT2D eigenvalue weighted by atomic mass is 10.1. The van der Waals surface area contributed by atoms with E-state index in [1.54, 1.807) is 12.1 Å². The fraction of sp³-hybridized carbons (Fsp3) is 0.111. The molecule has 0 radical (unpaired) electrons. The van der Waals surface area contributed by atoms with Gasteiger partial charge in [-0.15, -0.1) is 5.10 Å². The van der Waals surface area contributed by atoms with E-state index >= 15 is 0 Å². The highest BCUT2D eigenvalue weighted by Gasteiger charge is 2.11. The highest BCUT2D eigenvalue weighted by Crippen LogP contribution is 2.22. The Morgan fingerprint density at radius 3 is 2.79 bits per heavy atom. The van der Waals surface area contributed by atoms with Crippen LogP contribution in [0.5, 0.6) is 0 Å². The minimum Gasteiger partial charge on any atom is -0.403 e. The van der Waals surface area contributed by atoms with Gasteiger partial charge in [0.1, 0.15) is 5.82 Å². The van der Waals surface area contributed by atoms with Crippen molar-refractivity contribution in [3.05, 3.63) is 29.6 Å². The van der Waals surface area contributed by atoms with Crippen molar-refractivity contribution in [3.8, 4) is 11.5 Å². The lowest BCUT2D eigenvalue weighted by Gasteiger charge is -1.98. The van der Waals surface area contributed by atoms with Crippen molar-refractivity contribution >= 4 is 6.01 Å². The predicted octanol–water partition coefficient (Wildman–Crippen LogP) is 1.77. The molecule has 0 aliphatic rings. The molecule has 5 heteroatoms. The monoisotopic (exact) mass is 193 g/mol. The fourth-order valence-corrected chi connectivity index (χ4v) is 1.15. The zero-order valence-corrected chi connectivity index (χ0v) is 7.49. The van der Waals surface area contributed by atoms with Crippen molar-refractivity contribution in [3.63, 3.8) is 0 Å². The third-order valence-electron chi connectivity index (χ3n) is 1.79. The van der Waals surface area contributed by atoms with Crippen LogP contribution in [-0.4, -0.2) is 10.2 Å². The SMILES string of the molecule is Cc1ccc(F)c(-c2nnc(N)o2)c1. The van der Waals surface area contributed by atoms with Crippen molar-refractivity contribution in [1.29, 1.82) is 0 Å². The van der Waals surface area contributed by atoms with Gasteiger partial charge in [0.05, 0.1) is 5.56 Å². The average molecular weight is 193 g/mol. The zero-order chi connectivity index (χ0) is 10.1. The highest BCUT2D eigenvalue weighted by atomic mass is 19.1. The molecule has 0 saturated heterocycles. The van der Waals surface area contributed by atoms with E-state index in [2.05, 4.69) is 10.2 Å². The summed E-state index contributed by atoms with van der Waals surface area (Å²) in [5, 5.41) is 7.06. The number of aromatic nitrogens is 2. The van der Waals surface area contributed by atoms with Crippen LogP contribution in [0.1, 0.15) is 5.56 Å². The van der Waals surface area contributed by atoms with Crippen molar-refractivity contribution in [1.82, 2.24) is 10.2 Å². The molecule has 0 saturated carbocycles. The van der Waals surface area contributed by atoms with Crippen molar-refractivity contribution in [2.24, 2.45) is 0 Å². The van der Waals surface area contributed by atoms with Gasteiger partial charge in [-0.1, -0.05) is 16.7 Å². The first-order valence-corrected chi connectivity index (χ1v) is 4.02. The van der Waals surface area contributed by atoms with Crippen LogP contribution in [0.2, 0.25) is 0 Å². The summed E-state index contributed by atoms with van der Waals surface area (Å²) < 4.78 is 18.2. The van der Waals surface area contributed by atoms with Gasteiger partial charge in [-0.3, -0.25) is 0 Å². The summed E-state index contributed by atoms with van der Waals surface area (Å²) in [6, 6.07) is 4.58. The van der Waals surface area contributed by atoms with Gasteiger partial charge in [-0.2, -0.15) is 0 Å². The maximum absolute atomic E-state index is 13.3. The molecule has 0 fully saturated rings. The fourth-order valence-electron chi connectivity index (χ4n) is 1.15. The smallest absolute Gasteiger partial charge is 0.313 e. The van der Waals surface area contributed by atoms with E-state index in [4.69, 9.17) is 10.2 Å². The summed E-state index contributed by atoms with van der Waals surface area (Å²) in [5.41, 5.74) is 6.43. The minimum absolute atomic E-state index is 0.0686. The number of aryl methyl sites for hydroxylation is 1. The summed E-state index contributed by atoms with van der Waals surface area (Å²) in [5.74, 6) is -0.303. The topological polar surface area (TPSA) is 64.9 Å². The van der Waals surface area contributed by atoms with Crippen LogP contribution in [0.25, 0.3) is 11.5 Å². The molecule has 1 heterocycles. The lowest BCUT2D eigenvalue weighted by molar-refractivity contribution is 0.575. The van der Waals surface area contributed by atoms with Crippen LogP contribution in [0.15, 0.2) is 22.6 Å². The van der Waals surface area contributed by atoms with Crippen LogP contribution < -0.4 is 5.73 Å². The molecule has 72 valence electrons. The Kier molecular flexibility index (Phi) is 1.92. The molecule has 0 aliphatic heterocycles. The van der Waals surface area contributed by atoms with E-state index in [-0.39, 0.29) is 17.5 Å². The Morgan fingerprint density at radius 1 is 1.36 bits per heavy atom. The van der Waals surface area contributed by atoms with E-state index in [1.807, 2.05) is 6.92 Å². The molecular formula is C9H8FN3O. The first kappa shape index (κ1) is 8.68. The summed E-state index contributed by atoms with van der Waals surface area (Å²) >= 11 is 0. The van der Waals surface area contributed by atoms with Crippen molar-refractivity contribution in [2.45, 2.75) is 6.92 Å². The molecule has 1 aromatic heterocycles. The number of nitrogens with two attached hydrogens (primary N) is 1. The highest BCUT2D eigenvalue weighted by molar-refractivity contribution is 5.55. The van der Waals surface area contributed by atoms with Crippen LogP contribution in [0, 0.1) is 12.7 Å². The maximum Gasteiger partial charge on any atom is 0.313 e. The third kappa shape index (κ3) is 1.44. The normalized spacial score (nSPS) is 10.4. The first-order valence-electron chi connectivity index (χ1n) is 4.02. The van der Waals surface area contributed by atoms with Crippen LogP contribution in [-0.2, 0) is 0 Å². The van der Waals surface area contributed by atoms with Crippen LogP contribution in [0.4, 0.5) is 10.4 Å². The molecule has 0 spiro atoms. The first-order chi connectivity index (χ1) is 6.66. The summed E-state index contributed by atoms with van der Waals surface area (Å²) in [6.45, 7) is 1.85. The minimum atomic E-state index is -0.403. The molecule has 0 atom stereocenters. The van der Waals surface area contributed by atoms with Crippen molar-refractivity contribution in [2.75, 3.05) is 5.73 Å². The Labute approximate surface area is 79.6 Å². The number of benzene rings is 1.